The first-order valence-corrected chi connectivity index (χ1v) is 7.48. The molecule has 0 spiro atoms. The molecule has 6 nitrogen and oxygen atoms in total. The van der Waals surface area contributed by atoms with E-state index >= 15 is 0 Å². The minimum Gasteiger partial charge on any atom is -0.340 e. The molecule has 1 N–H and O–H groups in total. The number of hydrogen-bond donors (Lipinski definition) is 1. The van der Waals surface area contributed by atoms with Crippen molar-refractivity contribution in [2.24, 2.45) is 0 Å². The third-order valence-corrected chi connectivity index (χ3v) is 3.60. The van der Waals surface area contributed by atoms with E-state index in [1.54, 1.807) is 34.2 Å². The fourth-order valence-electron chi connectivity index (χ4n) is 1.75. The lowest BCUT2D eigenvalue weighted by Gasteiger charge is -2.16. The number of nitrogens with one attached hydrogen (secondary N) is 1. The molecule has 0 radical (unpaired) electrons. The van der Waals surface area contributed by atoms with Gasteiger partial charge in [-0.2, -0.15) is 11.3 Å². The molecule has 0 saturated carbocycles. The van der Waals surface area contributed by atoms with Crippen molar-refractivity contribution in [1.29, 1.82) is 0 Å². The van der Waals surface area contributed by atoms with Crippen LogP contribution in [-0.4, -0.2) is 39.4 Å². The first-order valence-electron chi connectivity index (χ1n) is 6.53. The van der Waals surface area contributed by atoms with Crippen molar-refractivity contribution in [2.75, 3.05) is 13.6 Å². The van der Waals surface area contributed by atoms with Gasteiger partial charge in [0.05, 0.1) is 11.9 Å². The van der Waals surface area contributed by atoms with E-state index in [4.69, 9.17) is 0 Å². The summed E-state index contributed by atoms with van der Waals surface area (Å²) in [6.45, 7) is 4.44. The van der Waals surface area contributed by atoms with Crippen LogP contribution in [0.2, 0.25) is 0 Å². The average Bonchev–Trinajstić information content (AvgIpc) is 3.08. The molecule has 0 aromatic carbocycles. The van der Waals surface area contributed by atoms with Crippen molar-refractivity contribution < 1.29 is 4.79 Å². The Kier molecular flexibility index (Phi) is 5.25. The zero-order chi connectivity index (χ0) is 14.4. The molecular formula is C13H19N5OS. The van der Waals surface area contributed by atoms with Crippen LogP contribution in [0.4, 0.5) is 0 Å². The second-order valence-corrected chi connectivity index (χ2v) is 5.35. The highest BCUT2D eigenvalue weighted by Gasteiger charge is 2.11. The van der Waals surface area contributed by atoms with Gasteiger partial charge in [0.15, 0.2) is 0 Å². The van der Waals surface area contributed by atoms with Gasteiger partial charge in [-0.05, 0) is 28.9 Å². The van der Waals surface area contributed by atoms with Crippen molar-refractivity contribution in [2.45, 2.75) is 26.6 Å². The maximum atomic E-state index is 12.1. The van der Waals surface area contributed by atoms with Crippen LogP contribution in [0.15, 0.2) is 23.0 Å². The number of carbonyl (C=O) groups excluding carboxylic acids is 1. The van der Waals surface area contributed by atoms with Crippen molar-refractivity contribution in [3.8, 4) is 0 Å². The molecule has 0 aliphatic heterocycles. The van der Waals surface area contributed by atoms with Gasteiger partial charge in [-0.25, -0.2) is 4.68 Å². The number of rotatable bonds is 7. The highest BCUT2D eigenvalue weighted by molar-refractivity contribution is 7.07. The predicted molar refractivity (Wildman–Crippen MR) is 78.2 cm³/mol. The summed E-state index contributed by atoms with van der Waals surface area (Å²) < 4.78 is 1.58. The van der Waals surface area contributed by atoms with Gasteiger partial charge < -0.3 is 10.2 Å². The van der Waals surface area contributed by atoms with Crippen LogP contribution in [0.25, 0.3) is 0 Å². The lowest BCUT2D eigenvalue weighted by atomic mass is 10.3. The van der Waals surface area contributed by atoms with Crippen LogP contribution >= 0.6 is 11.3 Å². The van der Waals surface area contributed by atoms with E-state index in [0.717, 1.165) is 17.8 Å². The molecule has 0 aliphatic carbocycles. The molecule has 2 rings (SSSR count). The van der Waals surface area contributed by atoms with Gasteiger partial charge in [-0.3, -0.25) is 4.79 Å². The molecule has 1 amide bonds. The first kappa shape index (κ1) is 14.7. The Morgan fingerprint density at radius 1 is 1.55 bits per heavy atom. The van der Waals surface area contributed by atoms with Crippen molar-refractivity contribution in [3.05, 3.63) is 34.3 Å². The summed E-state index contributed by atoms with van der Waals surface area (Å²) in [5.74, 6) is 0.0242. The molecular weight excluding hydrogens is 274 g/mol. The summed E-state index contributed by atoms with van der Waals surface area (Å²) in [4.78, 5) is 13.8. The minimum atomic E-state index is 0.0242. The molecule has 0 saturated heterocycles. The maximum absolute atomic E-state index is 12.1. The quantitative estimate of drug-likeness (QED) is 0.830. The molecule has 0 aliphatic rings. The van der Waals surface area contributed by atoms with Gasteiger partial charge in [-0.15, -0.1) is 5.10 Å². The average molecular weight is 293 g/mol. The smallest absolute Gasteiger partial charge is 0.244 e. The van der Waals surface area contributed by atoms with Crippen LogP contribution in [0.5, 0.6) is 0 Å². The van der Waals surface area contributed by atoms with E-state index in [1.807, 2.05) is 23.8 Å². The van der Waals surface area contributed by atoms with E-state index in [1.165, 1.54) is 0 Å². The van der Waals surface area contributed by atoms with E-state index in [-0.39, 0.29) is 12.5 Å². The highest BCUT2D eigenvalue weighted by Crippen LogP contribution is 2.08. The van der Waals surface area contributed by atoms with E-state index < -0.39 is 0 Å². The monoisotopic (exact) mass is 293 g/mol. The number of carbonyl (C=O) groups is 1. The van der Waals surface area contributed by atoms with Gasteiger partial charge in [-0.1, -0.05) is 12.1 Å². The summed E-state index contributed by atoms with van der Waals surface area (Å²) in [5, 5.41) is 15.2. The van der Waals surface area contributed by atoms with Gasteiger partial charge in [0.25, 0.3) is 0 Å². The molecule has 7 heteroatoms. The Labute approximate surface area is 122 Å². The standard InChI is InChI=1S/C13H19N5OS/c1-3-14-6-12-8-18(16-15-12)9-13(19)17(2)7-11-4-5-20-10-11/h4-5,8,10,14H,3,6-7,9H2,1-2H3. The van der Waals surface area contributed by atoms with Crippen molar-refractivity contribution in [1.82, 2.24) is 25.2 Å². The molecule has 2 aromatic heterocycles. The van der Waals surface area contributed by atoms with Crippen LogP contribution in [0.1, 0.15) is 18.2 Å². The van der Waals surface area contributed by atoms with Gasteiger partial charge >= 0.3 is 0 Å². The SMILES string of the molecule is CCNCc1cn(CC(=O)N(C)Cc2ccsc2)nn1. The molecule has 0 unspecified atom stereocenters. The number of hydrogen-bond acceptors (Lipinski definition) is 5. The molecule has 2 aromatic rings. The normalized spacial score (nSPS) is 10.7. The second-order valence-electron chi connectivity index (χ2n) is 4.57. The third kappa shape index (κ3) is 4.14. The summed E-state index contributed by atoms with van der Waals surface area (Å²) in [6.07, 6.45) is 1.80. The van der Waals surface area contributed by atoms with E-state index in [0.29, 0.717) is 13.1 Å². The molecule has 0 fully saturated rings. The Bertz CT molecular complexity index is 537. The zero-order valence-corrected chi connectivity index (χ0v) is 12.6. The summed E-state index contributed by atoms with van der Waals surface area (Å²) in [5.41, 5.74) is 2.00. The molecule has 108 valence electrons. The van der Waals surface area contributed by atoms with E-state index in [9.17, 15) is 4.79 Å². The number of nitrogens with zero attached hydrogens (tertiary/aromatic N) is 4. The molecule has 0 atom stereocenters. The largest absolute Gasteiger partial charge is 0.340 e. The number of thiophene rings is 1. The van der Waals surface area contributed by atoms with Gasteiger partial charge in [0.1, 0.15) is 6.54 Å². The van der Waals surface area contributed by atoms with Crippen LogP contribution < -0.4 is 5.32 Å². The highest BCUT2D eigenvalue weighted by atomic mass is 32.1. The summed E-state index contributed by atoms with van der Waals surface area (Å²) >= 11 is 1.64. The number of likely N-dealkylation sites (N-methyl/N-ethyl adjacent to an activating group) is 1. The Morgan fingerprint density at radius 3 is 3.10 bits per heavy atom. The lowest BCUT2D eigenvalue weighted by Crippen LogP contribution is -2.29. The van der Waals surface area contributed by atoms with Crippen LogP contribution in [0, 0.1) is 0 Å². The van der Waals surface area contributed by atoms with Crippen LogP contribution in [-0.2, 0) is 24.4 Å². The third-order valence-electron chi connectivity index (χ3n) is 2.87. The zero-order valence-electron chi connectivity index (χ0n) is 11.7. The summed E-state index contributed by atoms with van der Waals surface area (Å²) in [6, 6.07) is 2.03. The van der Waals surface area contributed by atoms with E-state index in [2.05, 4.69) is 15.6 Å². The van der Waals surface area contributed by atoms with Gasteiger partial charge in [0.2, 0.25) is 5.91 Å². The summed E-state index contributed by atoms with van der Waals surface area (Å²) in [7, 11) is 1.80. The lowest BCUT2D eigenvalue weighted by molar-refractivity contribution is -0.131. The number of aromatic nitrogens is 3. The Balaban J connectivity index is 1.85. The van der Waals surface area contributed by atoms with Gasteiger partial charge in [0, 0.05) is 20.1 Å². The molecule has 0 bridgehead atoms. The topological polar surface area (TPSA) is 63.1 Å². The maximum Gasteiger partial charge on any atom is 0.244 e. The molecule has 2 heterocycles. The fourth-order valence-corrected chi connectivity index (χ4v) is 2.41. The predicted octanol–water partition coefficient (Wildman–Crippen LogP) is 1.11. The van der Waals surface area contributed by atoms with Crippen LogP contribution in [0.3, 0.4) is 0 Å². The second kappa shape index (κ2) is 7.16. The number of amides is 1. The fraction of sp³-hybridized carbons (Fsp3) is 0.462. The Morgan fingerprint density at radius 2 is 2.40 bits per heavy atom. The van der Waals surface area contributed by atoms with Crippen molar-refractivity contribution in [3.63, 3.8) is 0 Å². The first-order chi connectivity index (χ1) is 9.69. The molecule has 20 heavy (non-hydrogen) atoms. The minimum absolute atomic E-state index is 0.0242. The Hall–Kier alpha value is -1.73. The van der Waals surface area contributed by atoms with Crippen molar-refractivity contribution >= 4 is 17.2 Å².